The van der Waals surface area contributed by atoms with E-state index < -0.39 is 0 Å². The molecule has 2 saturated heterocycles. The first kappa shape index (κ1) is 24.7. The van der Waals surface area contributed by atoms with Crippen LogP contribution in [0.1, 0.15) is 48.9 Å². The van der Waals surface area contributed by atoms with Crippen LogP contribution in [0.4, 0.5) is 0 Å². The van der Waals surface area contributed by atoms with E-state index in [1.165, 1.54) is 0 Å². The first-order valence-electron chi connectivity index (χ1n) is 11.9. The number of amides is 2. The molecule has 2 aliphatic rings. The predicted molar refractivity (Wildman–Crippen MR) is 132 cm³/mol. The van der Waals surface area contributed by atoms with E-state index in [1.54, 1.807) is 11.0 Å². The summed E-state index contributed by atoms with van der Waals surface area (Å²) in [7, 11) is 2.07. The van der Waals surface area contributed by atoms with Gasteiger partial charge < -0.3 is 24.0 Å². The molecule has 0 unspecified atom stereocenters. The number of halogens is 1. The Kier molecular flexibility index (Phi) is 7.93. The molecule has 2 atom stereocenters. The number of nitrogens with zero attached hydrogens (tertiary/aromatic N) is 4. The molecule has 0 radical (unpaired) electrons. The van der Waals surface area contributed by atoms with E-state index >= 15 is 0 Å². The zero-order chi connectivity index (χ0) is 24.2. The fraction of sp³-hybridized carbons (Fsp3) is 0.560. The summed E-state index contributed by atoms with van der Waals surface area (Å²) in [6.45, 7) is 8.22. The summed E-state index contributed by atoms with van der Waals surface area (Å²) in [6, 6.07) is 9.45. The van der Waals surface area contributed by atoms with Crippen molar-refractivity contribution in [1.82, 2.24) is 19.9 Å². The van der Waals surface area contributed by atoms with Gasteiger partial charge in [-0.1, -0.05) is 41.0 Å². The molecular formula is C25H33BrN4O4. The number of piperidine rings is 1. The smallest absolute Gasteiger partial charge is 0.292 e. The largest absolute Gasteiger partial charge is 0.490 e. The zero-order valence-corrected chi connectivity index (χ0v) is 21.7. The van der Waals surface area contributed by atoms with Crippen LogP contribution in [0.3, 0.4) is 0 Å². The fourth-order valence-corrected chi connectivity index (χ4v) is 4.87. The minimum atomic E-state index is -0.183. The second-order valence-corrected chi connectivity index (χ2v) is 10.5. The highest BCUT2D eigenvalue weighted by molar-refractivity contribution is 9.10. The Hall–Kier alpha value is -2.39. The number of likely N-dealkylation sites (tertiary alicyclic amines) is 1. The number of ether oxygens (including phenoxy) is 1. The molecule has 1 aromatic heterocycles. The van der Waals surface area contributed by atoms with Gasteiger partial charge in [0.15, 0.2) is 0 Å². The maximum atomic E-state index is 13.2. The van der Waals surface area contributed by atoms with Crippen LogP contribution in [0.5, 0.6) is 5.75 Å². The lowest BCUT2D eigenvalue weighted by Gasteiger charge is -2.39. The van der Waals surface area contributed by atoms with Gasteiger partial charge in [0.2, 0.25) is 11.7 Å². The van der Waals surface area contributed by atoms with Gasteiger partial charge >= 0.3 is 0 Å². The summed E-state index contributed by atoms with van der Waals surface area (Å²) in [5.74, 6) is 1.02. The van der Waals surface area contributed by atoms with Gasteiger partial charge in [-0.15, -0.1) is 0 Å². The molecule has 0 bridgehead atoms. The topological polar surface area (TPSA) is 79.1 Å². The van der Waals surface area contributed by atoms with Gasteiger partial charge in [0, 0.05) is 68.6 Å². The number of rotatable bonds is 6. The monoisotopic (exact) mass is 532 g/mol. The molecule has 2 aliphatic heterocycles. The Morgan fingerprint density at radius 1 is 1.15 bits per heavy atom. The maximum absolute atomic E-state index is 13.2. The highest BCUT2D eigenvalue weighted by atomic mass is 79.9. The highest BCUT2D eigenvalue weighted by Gasteiger charge is 2.37. The average Bonchev–Trinajstić information content (AvgIpc) is 3.31. The van der Waals surface area contributed by atoms with Crippen LogP contribution >= 0.6 is 15.9 Å². The van der Waals surface area contributed by atoms with Crippen LogP contribution in [-0.2, 0) is 4.79 Å². The fourth-order valence-electron chi connectivity index (χ4n) is 4.49. The molecule has 2 aromatic rings. The molecule has 0 saturated carbocycles. The van der Waals surface area contributed by atoms with Crippen molar-refractivity contribution in [3.05, 3.63) is 46.3 Å². The minimum absolute atomic E-state index is 0.115. The van der Waals surface area contributed by atoms with E-state index in [0.717, 1.165) is 42.1 Å². The lowest BCUT2D eigenvalue weighted by Crippen LogP contribution is -2.51. The summed E-state index contributed by atoms with van der Waals surface area (Å²) in [6.07, 6.45) is 0.833. The lowest BCUT2D eigenvalue weighted by molar-refractivity contribution is -0.135. The Morgan fingerprint density at radius 2 is 1.91 bits per heavy atom. The second-order valence-electron chi connectivity index (χ2n) is 9.57. The first-order valence-corrected chi connectivity index (χ1v) is 12.7. The van der Waals surface area contributed by atoms with E-state index in [1.807, 2.05) is 43.0 Å². The van der Waals surface area contributed by atoms with E-state index in [9.17, 15) is 9.59 Å². The van der Waals surface area contributed by atoms with Gasteiger partial charge in [-0.3, -0.25) is 9.59 Å². The molecular weight excluding hydrogens is 500 g/mol. The molecule has 0 N–H and O–H groups in total. The molecule has 8 nitrogen and oxygen atoms in total. The molecule has 1 aromatic carbocycles. The molecule has 9 heteroatoms. The third-order valence-electron chi connectivity index (χ3n) is 6.66. The van der Waals surface area contributed by atoms with Crippen LogP contribution in [0.2, 0.25) is 0 Å². The third-order valence-corrected chi connectivity index (χ3v) is 7.15. The molecule has 3 heterocycles. The molecule has 4 rings (SSSR count). The molecule has 0 spiro atoms. The van der Waals surface area contributed by atoms with Gasteiger partial charge in [0.25, 0.3) is 5.91 Å². The zero-order valence-electron chi connectivity index (χ0n) is 20.1. The van der Waals surface area contributed by atoms with Crippen molar-refractivity contribution >= 4 is 27.7 Å². The Morgan fingerprint density at radius 3 is 2.59 bits per heavy atom. The maximum Gasteiger partial charge on any atom is 0.292 e. The van der Waals surface area contributed by atoms with Crippen molar-refractivity contribution in [2.75, 3.05) is 46.3 Å². The second kappa shape index (κ2) is 10.9. The van der Waals surface area contributed by atoms with Crippen molar-refractivity contribution in [2.24, 2.45) is 5.92 Å². The van der Waals surface area contributed by atoms with E-state index in [-0.39, 0.29) is 35.5 Å². The number of hydrogen-bond donors (Lipinski definition) is 0. The van der Waals surface area contributed by atoms with Crippen LogP contribution in [0.25, 0.3) is 0 Å². The van der Waals surface area contributed by atoms with Gasteiger partial charge in [-0.25, -0.2) is 0 Å². The Balaban J connectivity index is 1.48. The molecule has 2 fully saturated rings. The quantitative estimate of drug-likeness (QED) is 0.565. The number of carbonyl (C=O) groups excluding carboxylic acids is 2. The number of likely N-dealkylation sites (N-methyl/N-ethyl adjacent to an activating group) is 1. The van der Waals surface area contributed by atoms with Crippen LogP contribution in [-0.4, -0.2) is 84.1 Å². The Bertz CT molecular complexity index is 1000. The summed E-state index contributed by atoms with van der Waals surface area (Å²) in [5.41, 5.74) is 0.762. The van der Waals surface area contributed by atoms with E-state index in [2.05, 4.69) is 33.0 Å². The van der Waals surface area contributed by atoms with Crippen LogP contribution in [0.15, 0.2) is 39.3 Å². The third kappa shape index (κ3) is 5.99. The molecule has 184 valence electrons. The van der Waals surface area contributed by atoms with Crippen LogP contribution in [0, 0.1) is 5.92 Å². The lowest BCUT2D eigenvalue weighted by atomic mass is 9.90. The standard InChI is InChI=1S/C25H33BrN4O4/c1-17(2)21-15-23(34-27-21)25(32)30-8-7-22(33-20-6-4-5-19(26)14-20)18(16-30)13-24(31)29-11-9-28(3)10-12-29/h4-6,14-15,17-18,22H,7-13,16H2,1-3H3/t18-,22-/m0/s1. The highest BCUT2D eigenvalue weighted by Crippen LogP contribution is 2.29. The van der Waals surface area contributed by atoms with Crippen molar-refractivity contribution in [1.29, 1.82) is 0 Å². The van der Waals surface area contributed by atoms with Gasteiger partial charge in [0.05, 0.1) is 5.69 Å². The van der Waals surface area contributed by atoms with Crippen molar-refractivity contribution < 1.29 is 18.8 Å². The molecule has 0 aliphatic carbocycles. The number of hydrogen-bond acceptors (Lipinski definition) is 6. The van der Waals surface area contributed by atoms with Crippen molar-refractivity contribution in [2.45, 2.75) is 38.7 Å². The summed E-state index contributed by atoms with van der Waals surface area (Å²) in [5, 5.41) is 4.03. The average molecular weight is 533 g/mol. The van der Waals surface area contributed by atoms with Crippen molar-refractivity contribution in [3.8, 4) is 5.75 Å². The number of piperazine rings is 1. The van der Waals surface area contributed by atoms with Crippen molar-refractivity contribution in [3.63, 3.8) is 0 Å². The Labute approximate surface area is 209 Å². The summed E-state index contributed by atoms with van der Waals surface area (Å²) in [4.78, 5) is 32.3. The van der Waals surface area contributed by atoms with Crippen LogP contribution < -0.4 is 4.74 Å². The normalized spacial score (nSPS) is 21.7. The molecule has 2 amide bonds. The predicted octanol–water partition coefficient (Wildman–Crippen LogP) is 3.63. The SMILES string of the molecule is CC(C)c1cc(C(=O)N2CC[C@H](Oc3cccc(Br)c3)[C@@H](CC(=O)N3CCN(C)CC3)C2)on1. The van der Waals surface area contributed by atoms with Gasteiger partial charge in [0.1, 0.15) is 11.9 Å². The number of benzene rings is 1. The first-order chi connectivity index (χ1) is 16.3. The van der Waals surface area contributed by atoms with E-state index in [0.29, 0.717) is 25.9 Å². The van der Waals surface area contributed by atoms with E-state index in [4.69, 9.17) is 9.26 Å². The van der Waals surface area contributed by atoms with Gasteiger partial charge in [-0.05, 0) is 31.2 Å². The summed E-state index contributed by atoms with van der Waals surface area (Å²) >= 11 is 3.49. The number of carbonyl (C=O) groups is 2. The molecule has 34 heavy (non-hydrogen) atoms. The summed E-state index contributed by atoms with van der Waals surface area (Å²) < 4.78 is 12.6. The number of aromatic nitrogens is 1. The van der Waals surface area contributed by atoms with Gasteiger partial charge in [-0.2, -0.15) is 0 Å². The minimum Gasteiger partial charge on any atom is -0.490 e.